The fourth-order valence-electron chi connectivity index (χ4n) is 3.23. The lowest BCUT2D eigenvalue weighted by molar-refractivity contribution is -0.385. The molecule has 2 aromatic rings. The van der Waals surface area contributed by atoms with Gasteiger partial charge in [0, 0.05) is 24.7 Å². The van der Waals surface area contributed by atoms with E-state index in [1.54, 1.807) is 6.07 Å². The van der Waals surface area contributed by atoms with E-state index in [0.717, 1.165) is 31.6 Å². The molecule has 0 N–H and O–H groups in total. The highest BCUT2D eigenvalue weighted by Gasteiger charge is 2.25. The molecule has 1 fully saturated rings. The van der Waals surface area contributed by atoms with Crippen LogP contribution in [0.1, 0.15) is 29.0 Å². The lowest BCUT2D eigenvalue weighted by atomic mass is 9.96. The smallest absolute Gasteiger partial charge is 0.298 e. The molecule has 2 aromatic carbocycles. The van der Waals surface area contributed by atoms with Gasteiger partial charge in [-0.1, -0.05) is 36.4 Å². The minimum Gasteiger partial charge on any atom is -0.298 e. The highest BCUT2D eigenvalue weighted by molar-refractivity contribution is 5.43. The summed E-state index contributed by atoms with van der Waals surface area (Å²) in [6.07, 6.45) is 1.37. The third kappa shape index (κ3) is 5.08. The van der Waals surface area contributed by atoms with Crippen LogP contribution in [0.3, 0.4) is 0 Å². The van der Waals surface area contributed by atoms with E-state index in [2.05, 4.69) is 29.2 Å². The number of benzene rings is 2. The van der Waals surface area contributed by atoms with Crippen molar-refractivity contribution in [2.24, 2.45) is 0 Å². The largest absolute Gasteiger partial charge is 0.373 e. The van der Waals surface area contributed by atoms with E-state index in [0.29, 0.717) is 5.92 Å². The topological polar surface area (TPSA) is 80.5 Å². The van der Waals surface area contributed by atoms with Gasteiger partial charge in [0.25, 0.3) is 5.69 Å². The molecule has 3 rings (SSSR count). The minimum atomic E-state index is -0.310. The number of nitro groups is 1. The molecule has 1 aliphatic heterocycles. The molecule has 1 saturated heterocycles. The van der Waals surface area contributed by atoms with Crippen LogP contribution in [0.4, 0.5) is 5.69 Å². The fraction of sp³-hybridized carbons (Fsp3) is 0.316. The number of rotatable bonds is 4. The van der Waals surface area contributed by atoms with Crippen LogP contribution < -0.4 is 0 Å². The van der Waals surface area contributed by atoms with Gasteiger partial charge >= 0.3 is 6.15 Å². The Kier molecular flexibility index (Phi) is 6.57. The molecule has 1 heterocycles. The molecule has 0 radical (unpaired) electrons. The first-order valence-corrected chi connectivity index (χ1v) is 8.05. The standard InChI is InChI=1S/C18H20N2O2.CO2/c1-14-11-16(7-8-18(14)20(21)22)17-9-10-19(13-17)12-15-5-3-2-4-6-15;2-1-3/h2-8,11,17H,9-10,12-13H2,1H3;. The van der Waals surface area contributed by atoms with Crippen LogP contribution in [0.2, 0.25) is 0 Å². The zero-order chi connectivity index (χ0) is 18.2. The van der Waals surface area contributed by atoms with Gasteiger partial charge in [0.05, 0.1) is 4.92 Å². The van der Waals surface area contributed by atoms with Crippen molar-refractivity contribution in [3.05, 3.63) is 75.3 Å². The maximum absolute atomic E-state index is 10.9. The summed E-state index contributed by atoms with van der Waals surface area (Å²) in [5.41, 5.74) is 3.52. The summed E-state index contributed by atoms with van der Waals surface area (Å²) in [6.45, 7) is 4.89. The van der Waals surface area contributed by atoms with Crippen LogP contribution in [0, 0.1) is 17.0 Å². The van der Waals surface area contributed by atoms with Crippen molar-refractivity contribution in [3.8, 4) is 0 Å². The molecule has 130 valence electrons. The number of likely N-dealkylation sites (tertiary alicyclic amines) is 1. The quantitative estimate of drug-likeness (QED) is 0.630. The van der Waals surface area contributed by atoms with E-state index in [1.807, 2.05) is 25.1 Å². The van der Waals surface area contributed by atoms with E-state index in [9.17, 15) is 10.1 Å². The summed E-state index contributed by atoms with van der Waals surface area (Å²) in [4.78, 5) is 29.3. The van der Waals surface area contributed by atoms with E-state index >= 15 is 0 Å². The van der Waals surface area contributed by atoms with Crippen LogP contribution in [-0.2, 0) is 16.1 Å². The fourth-order valence-corrected chi connectivity index (χ4v) is 3.23. The third-order valence-corrected chi connectivity index (χ3v) is 4.41. The summed E-state index contributed by atoms with van der Waals surface area (Å²) in [5, 5.41) is 10.9. The zero-order valence-corrected chi connectivity index (χ0v) is 14.1. The molecule has 1 unspecified atom stereocenters. The lowest BCUT2D eigenvalue weighted by Crippen LogP contribution is -2.19. The first-order valence-electron chi connectivity index (χ1n) is 8.05. The molecule has 0 spiro atoms. The average Bonchev–Trinajstić information content (AvgIpc) is 3.04. The highest BCUT2D eigenvalue weighted by atomic mass is 16.6. The molecule has 0 aliphatic carbocycles. The van der Waals surface area contributed by atoms with Crippen molar-refractivity contribution in [1.82, 2.24) is 4.90 Å². The van der Waals surface area contributed by atoms with Crippen molar-refractivity contribution in [1.29, 1.82) is 0 Å². The summed E-state index contributed by atoms with van der Waals surface area (Å²) in [5.74, 6) is 0.475. The predicted octanol–water partition coefficient (Wildman–Crippen LogP) is 3.31. The monoisotopic (exact) mass is 340 g/mol. The summed E-state index contributed by atoms with van der Waals surface area (Å²) >= 11 is 0. The van der Waals surface area contributed by atoms with Crippen molar-refractivity contribution < 1.29 is 14.5 Å². The van der Waals surface area contributed by atoms with Crippen LogP contribution >= 0.6 is 0 Å². The second kappa shape index (κ2) is 8.87. The second-order valence-electron chi connectivity index (χ2n) is 6.09. The summed E-state index contributed by atoms with van der Waals surface area (Å²) in [7, 11) is 0. The molecule has 0 aromatic heterocycles. The van der Waals surface area contributed by atoms with Gasteiger partial charge in [-0.25, -0.2) is 0 Å². The van der Waals surface area contributed by atoms with E-state index < -0.39 is 0 Å². The van der Waals surface area contributed by atoms with Gasteiger partial charge in [0.2, 0.25) is 0 Å². The van der Waals surface area contributed by atoms with Crippen LogP contribution in [0.5, 0.6) is 0 Å². The Labute approximate surface area is 146 Å². The molecule has 0 amide bonds. The molecule has 0 bridgehead atoms. The number of nitrogens with zero attached hydrogens (tertiary/aromatic N) is 2. The molecular formula is C19H20N2O4. The summed E-state index contributed by atoms with van der Waals surface area (Å²) in [6, 6.07) is 16.0. The number of hydrogen-bond acceptors (Lipinski definition) is 5. The Hall–Kier alpha value is -2.82. The average molecular weight is 340 g/mol. The van der Waals surface area contributed by atoms with Gasteiger partial charge in [0.15, 0.2) is 0 Å². The number of nitro benzene ring substituents is 1. The Balaban J connectivity index is 0.000000701. The van der Waals surface area contributed by atoms with Crippen molar-refractivity contribution >= 4 is 11.8 Å². The molecular weight excluding hydrogens is 320 g/mol. The molecule has 6 nitrogen and oxygen atoms in total. The van der Waals surface area contributed by atoms with Crippen LogP contribution in [0.15, 0.2) is 48.5 Å². The Morgan fingerprint density at radius 3 is 2.48 bits per heavy atom. The summed E-state index contributed by atoms with van der Waals surface area (Å²) < 4.78 is 0. The number of carbonyl (C=O) groups excluding carboxylic acids is 2. The van der Waals surface area contributed by atoms with Crippen molar-refractivity contribution in [2.45, 2.75) is 25.8 Å². The first-order chi connectivity index (χ1) is 12.0. The van der Waals surface area contributed by atoms with E-state index in [4.69, 9.17) is 9.59 Å². The third-order valence-electron chi connectivity index (χ3n) is 4.41. The van der Waals surface area contributed by atoms with Gasteiger partial charge < -0.3 is 0 Å². The zero-order valence-electron chi connectivity index (χ0n) is 14.1. The van der Waals surface area contributed by atoms with E-state index in [-0.39, 0.29) is 16.8 Å². The molecule has 0 saturated carbocycles. The van der Waals surface area contributed by atoms with Crippen LogP contribution in [0.25, 0.3) is 0 Å². The molecule has 6 heteroatoms. The maximum atomic E-state index is 10.9. The number of hydrogen-bond donors (Lipinski definition) is 0. The van der Waals surface area contributed by atoms with Crippen molar-refractivity contribution in [3.63, 3.8) is 0 Å². The van der Waals surface area contributed by atoms with Crippen molar-refractivity contribution in [2.75, 3.05) is 13.1 Å². The lowest BCUT2D eigenvalue weighted by Gasteiger charge is -2.16. The second-order valence-corrected chi connectivity index (χ2v) is 6.09. The minimum absolute atomic E-state index is 0.211. The Bertz CT molecular complexity index is 755. The normalized spacial score (nSPS) is 16.6. The molecule has 25 heavy (non-hydrogen) atoms. The van der Waals surface area contributed by atoms with Crippen LogP contribution in [-0.4, -0.2) is 29.1 Å². The maximum Gasteiger partial charge on any atom is 0.373 e. The van der Waals surface area contributed by atoms with E-state index in [1.165, 1.54) is 11.1 Å². The van der Waals surface area contributed by atoms with Gasteiger partial charge in [-0.3, -0.25) is 15.0 Å². The first kappa shape index (κ1) is 18.5. The van der Waals surface area contributed by atoms with Gasteiger partial charge in [-0.2, -0.15) is 9.59 Å². The Morgan fingerprint density at radius 1 is 1.20 bits per heavy atom. The predicted molar refractivity (Wildman–Crippen MR) is 91.9 cm³/mol. The highest BCUT2D eigenvalue weighted by Crippen LogP contribution is 2.30. The van der Waals surface area contributed by atoms with Gasteiger partial charge in [0.1, 0.15) is 0 Å². The molecule has 1 aliphatic rings. The van der Waals surface area contributed by atoms with Gasteiger partial charge in [-0.15, -0.1) is 0 Å². The SMILES string of the molecule is Cc1cc(C2CCN(Cc3ccccc3)C2)ccc1[N+](=O)[O-].O=C=O. The Morgan fingerprint density at radius 2 is 1.88 bits per heavy atom. The van der Waals surface area contributed by atoms with Gasteiger partial charge in [-0.05, 0) is 43.0 Å². The number of aryl methyl sites for hydroxylation is 1. The molecule has 1 atom stereocenters.